The van der Waals surface area contributed by atoms with E-state index in [1.807, 2.05) is 43.3 Å². The van der Waals surface area contributed by atoms with Crippen LogP contribution in [0.1, 0.15) is 31.2 Å². The van der Waals surface area contributed by atoms with E-state index in [0.29, 0.717) is 30.5 Å². The van der Waals surface area contributed by atoms with Gasteiger partial charge < -0.3 is 9.47 Å². The van der Waals surface area contributed by atoms with Gasteiger partial charge in [0.25, 0.3) is 0 Å². The van der Waals surface area contributed by atoms with Crippen LogP contribution >= 0.6 is 0 Å². The fourth-order valence-electron chi connectivity index (χ4n) is 3.55. The number of piperidine rings is 1. The van der Waals surface area contributed by atoms with E-state index in [0.717, 1.165) is 42.7 Å². The van der Waals surface area contributed by atoms with E-state index < -0.39 is 10.0 Å². The van der Waals surface area contributed by atoms with Crippen molar-refractivity contribution in [1.82, 2.24) is 4.31 Å². The molecule has 152 valence electrons. The van der Waals surface area contributed by atoms with E-state index in [-0.39, 0.29) is 0 Å². The van der Waals surface area contributed by atoms with Gasteiger partial charge in [0.15, 0.2) is 0 Å². The number of benzene rings is 2. The molecule has 0 radical (unpaired) electrons. The largest absolute Gasteiger partial charge is 0.497 e. The molecule has 1 saturated heterocycles. The fraction of sp³-hybridized carbons (Fsp3) is 0.455. The van der Waals surface area contributed by atoms with Crippen LogP contribution in [0.4, 0.5) is 0 Å². The van der Waals surface area contributed by atoms with Gasteiger partial charge in [-0.2, -0.15) is 4.31 Å². The van der Waals surface area contributed by atoms with Crippen LogP contribution in [-0.4, -0.2) is 39.5 Å². The van der Waals surface area contributed by atoms with Crippen molar-refractivity contribution < 1.29 is 17.9 Å². The summed E-state index contributed by atoms with van der Waals surface area (Å²) in [6.45, 7) is 3.81. The Hall–Kier alpha value is -2.05. The first kappa shape index (κ1) is 20.7. The predicted octanol–water partition coefficient (Wildman–Crippen LogP) is 4.26. The monoisotopic (exact) mass is 403 g/mol. The highest BCUT2D eigenvalue weighted by Crippen LogP contribution is 2.27. The predicted molar refractivity (Wildman–Crippen MR) is 110 cm³/mol. The van der Waals surface area contributed by atoms with Crippen LogP contribution in [0, 0.1) is 12.8 Å². The summed E-state index contributed by atoms with van der Waals surface area (Å²) in [6.07, 6.45) is 3.84. The lowest BCUT2D eigenvalue weighted by Crippen LogP contribution is -2.38. The molecule has 2 aromatic carbocycles. The first-order valence-corrected chi connectivity index (χ1v) is 11.3. The molecule has 0 aliphatic carbocycles. The van der Waals surface area contributed by atoms with Crippen molar-refractivity contribution in [3.63, 3.8) is 0 Å². The normalized spacial score (nSPS) is 16.1. The van der Waals surface area contributed by atoms with Gasteiger partial charge in [0.2, 0.25) is 10.0 Å². The molecule has 3 rings (SSSR count). The summed E-state index contributed by atoms with van der Waals surface area (Å²) in [6, 6.07) is 14.7. The molecule has 6 heteroatoms. The Bertz CT molecular complexity index is 856. The minimum absolute atomic E-state index is 0.392. The van der Waals surface area contributed by atoms with Crippen molar-refractivity contribution in [3.05, 3.63) is 54.1 Å². The molecule has 1 fully saturated rings. The number of hydrogen-bond donors (Lipinski definition) is 0. The molecule has 0 N–H and O–H groups in total. The second-order valence-corrected chi connectivity index (χ2v) is 9.27. The minimum atomic E-state index is -3.37. The van der Waals surface area contributed by atoms with Crippen molar-refractivity contribution >= 4 is 10.0 Å². The fourth-order valence-corrected chi connectivity index (χ4v) is 5.02. The maximum atomic E-state index is 12.8. The average molecular weight is 404 g/mol. The summed E-state index contributed by atoms with van der Waals surface area (Å²) in [7, 11) is -1.73. The third-order valence-corrected chi connectivity index (χ3v) is 7.21. The first-order valence-electron chi connectivity index (χ1n) is 9.83. The van der Waals surface area contributed by atoms with Gasteiger partial charge in [-0.05, 0) is 62.8 Å². The standard InChI is InChI=1S/C22H29NO4S/c1-18-8-10-22(11-9-18)28(24,25)23-14-12-19(13-15-23)5-4-16-27-21-7-3-6-20(17-21)26-2/h3,6-11,17,19H,4-5,12-16H2,1-2H3. The lowest BCUT2D eigenvalue weighted by atomic mass is 9.93. The zero-order valence-corrected chi connectivity index (χ0v) is 17.5. The van der Waals surface area contributed by atoms with Crippen LogP contribution in [0.25, 0.3) is 0 Å². The summed E-state index contributed by atoms with van der Waals surface area (Å²) in [5, 5.41) is 0. The molecule has 2 aromatic rings. The van der Waals surface area contributed by atoms with Crippen molar-refractivity contribution in [2.24, 2.45) is 5.92 Å². The Morgan fingerprint density at radius 2 is 1.71 bits per heavy atom. The molecule has 0 amide bonds. The van der Waals surface area contributed by atoms with Gasteiger partial charge in [0, 0.05) is 19.2 Å². The number of ether oxygens (including phenoxy) is 2. The summed E-state index contributed by atoms with van der Waals surface area (Å²) in [4.78, 5) is 0.392. The quantitative estimate of drug-likeness (QED) is 0.618. The number of aryl methyl sites for hydroxylation is 1. The molecule has 0 spiro atoms. The average Bonchev–Trinajstić information content (AvgIpc) is 2.72. The van der Waals surface area contributed by atoms with Gasteiger partial charge in [0.05, 0.1) is 18.6 Å². The van der Waals surface area contributed by atoms with Crippen LogP contribution in [0.15, 0.2) is 53.4 Å². The molecule has 0 atom stereocenters. The Morgan fingerprint density at radius 3 is 2.39 bits per heavy atom. The zero-order valence-electron chi connectivity index (χ0n) is 16.6. The Labute approximate surface area is 168 Å². The Kier molecular flexibility index (Phi) is 6.97. The van der Waals surface area contributed by atoms with Crippen LogP contribution in [0.2, 0.25) is 0 Å². The van der Waals surface area contributed by atoms with E-state index in [1.165, 1.54) is 0 Å². The summed E-state index contributed by atoms with van der Waals surface area (Å²) < 4.78 is 38.2. The summed E-state index contributed by atoms with van der Waals surface area (Å²) >= 11 is 0. The van der Waals surface area contributed by atoms with Crippen LogP contribution in [0.5, 0.6) is 11.5 Å². The van der Waals surface area contributed by atoms with E-state index in [2.05, 4.69) is 0 Å². The number of hydrogen-bond acceptors (Lipinski definition) is 4. The van der Waals surface area contributed by atoms with E-state index in [4.69, 9.17) is 9.47 Å². The first-order chi connectivity index (χ1) is 13.5. The molecule has 28 heavy (non-hydrogen) atoms. The Morgan fingerprint density at radius 1 is 1.04 bits per heavy atom. The van der Waals surface area contributed by atoms with Crippen LogP contribution < -0.4 is 9.47 Å². The second-order valence-electron chi connectivity index (χ2n) is 7.33. The van der Waals surface area contributed by atoms with Crippen LogP contribution in [0.3, 0.4) is 0 Å². The van der Waals surface area contributed by atoms with Gasteiger partial charge >= 0.3 is 0 Å². The van der Waals surface area contributed by atoms with Gasteiger partial charge in [-0.3, -0.25) is 0 Å². The maximum Gasteiger partial charge on any atom is 0.243 e. The van der Waals surface area contributed by atoms with Gasteiger partial charge in [-0.15, -0.1) is 0 Å². The van der Waals surface area contributed by atoms with Gasteiger partial charge in [0.1, 0.15) is 11.5 Å². The molecule has 1 aliphatic heterocycles. The molecule has 0 aromatic heterocycles. The van der Waals surface area contributed by atoms with Crippen molar-refractivity contribution in [3.8, 4) is 11.5 Å². The molecule has 1 aliphatic rings. The Balaban J connectivity index is 1.42. The van der Waals surface area contributed by atoms with Crippen molar-refractivity contribution in [1.29, 1.82) is 0 Å². The van der Waals surface area contributed by atoms with E-state index in [1.54, 1.807) is 23.5 Å². The van der Waals surface area contributed by atoms with E-state index in [9.17, 15) is 8.42 Å². The highest BCUT2D eigenvalue weighted by molar-refractivity contribution is 7.89. The van der Waals surface area contributed by atoms with Crippen molar-refractivity contribution in [2.75, 3.05) is 26.8 Å². The highest BCUT2D eigenvalue weighted by atomic mass is 32.2. The second kappa shape index (κ2) is 9.43. The SMILES string of the molecule is COc1cccc(OCCCC2CCN(S(=O)(=O)c3ccc(C)cc3)CC2)c1. The third-order valence-electron chi connectivity index (χ3n) is 5.30. The molecular weight excluding hydrogens is 374 g/mol. The molecule has 0 unspecified atom stereocenters. The van der Waals surface area contributed by atoms with Gasteiger partial charge in [-0.1, -0.05) is 23.8 Å². The van der Waals surface area contributed by atoms with E-state index >= 15 is 0 Å². The number of methoxy groups -OCH3 is 1. The molecular formula is C22H29NO4S. The number of nitrogens with zero attached hydrogens (tertiary/aromatic N) is 1. The molecule has 1 heterocycles. The molecule has 5 nitrogen and oxygen atoms in total. The smallest absolute Gasteiger partial charge is 0.243 e. The summed E-state index contributed by atoms with van der Waals surface area (Å²) in [5.74, 6) is 2.16. The zero-order chi connectivity index (χ0) is 20.0. The topological polar surface area (TPSA) is 55.8 Å². The van der Waals surface area contributed by atoms with Crippen molar-refractivity contribution in [2.45, 2.75) is 37.5 Å². The van der Waals surface area contributed by atoms with Gasteiger partial charge in [-0.25, -0.2) is 8.42 Å². The number of sulfonamides is 1. The lowest BCUT2D eigenvalue weighted by Gasteiger charge is -2.31. The minimum Gasteiger partial charge on any atom is -0.497 e. The lowest BCUT2D eigenvalue weighted by molar-refractivity contribution is 0.238. The maximum absolute atomic E-state index is 12.8. The molecule has 0 bridgehead atoms. The third kappa shape index (κ3) is 5.26. The number of rotatable bonds is 8. The highest BCUT2D eigenvalue weighted by Gasteiger charge is 2.29. The summed E-state index contributed by atoms with van der Waals surface area (Å²) in [5.41, 5.74) is 1.06. The molecule has 0 saturated carbocycles. The van der Waals surface area contributed by atoms with Crippen LogP contribution in [-0.2, 0) is 10.0 Å².